The van der Waals surface area contributed by atoms with Crippen LogP contribution in [0, 0.1) is 17.8 Å². The third kappa shape index (κ3) is 103. The molecule has 141 heavy (non-hydrogen) atoms. The molecule has 2 heterocycles. The Labute approximate surface area is 870 Å². The second-order valence-electron chi connectivity index (χ2n) is 41.7. The summed E-state index contributed by atoms with van der Waals surface area (Å²) in [4.78, 5) is 62.2. The van der Waals surface area contributed by atoms with Gasteiger partial charge >= 0.3 is 30.5 Å². The lowest BCUT2D eigenvalue weighted by atomic mass is 10.0. The Kier molecular flexibility index (Phi) is 114. The lowest BCUT2D eigenvalue weighted by Crippen LogP contribution is -2.41. The maximum Gasteiger partial charge on any atom is 0.410 e. The fourth-order valence-corrected chi connectivity index (χ4v) is 17.4. The van der Waals surface area contributed by atoms with Gasteiger partial charge in [0.1, 0.15) is 0 Å². The van der Waals surface area contributed by atoms with Crippen LogP contribution in [0.4, 0.5) is 24.0 Å². The Bertz CT molecular complexity index is 2600. The first-order chi connectivity index (χ1) is 68.9. The molecule has 0 unspecified atom stereocenters. The van der Waals surface area contributed by atoms with E-state index in [1.807, 2.05) is 27.7 Å². The molecule has 0 aromatic rings. The number of hydrogen-bond acceptors (Lipinski definition) is 15. The van der Waals surface area contributed by atoms with Gasteiger partial charge in [0.05, 0.1) is 96.3 Å². The van der Waals surface area contributed by atoms with Crippen molar-refractivity contribution in [2.24, 2.45) is 17.8 Å². The van der Waals surface area contributed by atoms with Gasteiger partial charge in [-0.3, -0.25) is 0 Å². The van der Waals surface area contributed by atoms with Gasteiger partial charge in [-0.1, -0.05) is 426 Å². The van der Waals surface area contributed by atoms with Crippen molar-refractivity contribution in [3.8, 4) is 0 Å². The molecule has 20 heteroatoms. The predicted octanol–water partition coefficient (Wildman–Crippen LogP) is 33.9. The third-order valence-corrected chi connectivity index (χ3v) is 27.0. The second-order valence-corrected chi connectivity index (χ2v) is 41.7. The minimum absolute atomic E-state index is 0.0349. The Balaban J connectivity index is -0.00000169. The summed E-state index contributed by atoms with van der Waals surface area (Å²) in [5.41, 5.74) is 0. The Hall–Kier alpha value is -5.15. The molecule has 2 aliphatic rings. The minimum Gasteiger partial charge on any atom is -0.450 e. The molecule has 5 amide bonds. The van der Waals surface area contributed by atoms with Gasteiger partial charge in [-0.05, 0) is 210 Å². The van der Waals surface area contributed by atoms with E-state index in [0.29, 0.717) is 39.0 Å². The van der Waals surface area contributed by atoms with Crippen molar-refractivity contribution in [2.75, 3.05) is 79.2 Å². The number of carbonyl (C=O) groups excluding carboxylic acids is 5. The Morgan fingerprint density at radius 1 is 0.262 bits per heavy atom. The van der Waals surface area contributed by atoms with Crippen molar-refractivity contribution in [2.45, 2.75) is 588 Å². The number of nitrogens with one attached hydrogen (secondary N) is 3. The quantitative estimate of drug-likeness (QED) is 0.0160. The summed E-state index contributed by atoms with van der Waals surface area (Å²) in [6.45, 7) is 27.1. The summed E-state index contributed by atoms with van der Waals surface area (Å²) in [6.07, 6.45) is 116. The van der Waals surface area contributed by atoms with Crippen LogP contribution in [0.15, 0.2) is 60.8 Å². The molecule has 2 aliphatic heterocycles. The molecule has 5 atom stereocenters. The van der Waals surface area contributed by atoms with Gasteiger partial charge in [0, 0.05) is 13.1 Å². The topological polar surface area (TPSA) is 275 Å². The van der Waals surface area contributed by atoms with Crippen LogP contribution in [0.1, 0.15) is 558 Å². The van der Waals surface area contributed by atoms with E-state index in [1.165, 1.54) is 385 Å². The number of amides is 5. The van der Waals surface area contributed by atoms with Crippen LogP contribution < -0.4 is 16.0 Å². The molecular formula is C121H233N5O15. The summed E-state index contributed by atoms with van der Waals surface area (Å²) in [5, 5.41) is 54.3. The van der Waals surface area contributed by atoms with Gasteiger partial charge in [-0.2, -0.15) is 0 Å². The molecule has 832 valence electrons. The van der Waals surface area contributed by atoms with Crippen LogP contribution in [0.5, 0.6) is 0 Å². The van der Waals surface area contributed by atoms with Crippen LogP contribution >= 0.6 is 0 Å². The lowest BCUT2D eigenvalue weighted by molar-refractivity contribution is 0.0828. The van der Waals surface area contributed by atoms with Crippen molar-refractivity contribution < 1.29 is 73.2 Å². The van der Waals surface area contributed by atoms with Gasteiger partial charge in [0.25, 0.3) is 0 Å². The first-order valence-corrected chi connectivity index (χ1v) is 59.9. The molecule has 0 spiro atoms. The largest absolute Gasteiger partial charge is 0.450 e. The highest BCUT2D eigenvalue weighted by molar-refractivity contribution is 5.69. The number of rotatable bonds is 92. The van der Waals surface area contributed by atoms with Crippen LogP contribution in [0.3, 0.4) is 0 Å². The number of alkyl carbamates (subject to hydrolysis) is 3. The zero-order chi connectivity index (χ0) is 104. The van der Waals surface area contributed by atoms with Gasteiger partial charge in [-0.15, -0.1) is 0 Å². The van der Waals surface area contributed by atoms with E-state index in [4.69, 9.17) is 23.7 Å². The Morgan fingerprint density at radius 3 is 0.638 bits per heavy atom. The number of aliphatic hydroxyl groups is 5. The standard InChI is InChI=1S/C25H49NO3.2C24H45NO3.2C24H47NO3/c1-4-5-6-7-8-9-10-11-12-13-14-15-16-17-18-19-20-29-25(28)26-24(22-27)21-23(2)3;2*1-2-3-4-5-6-7-8-9-10-11-12-13-14-15-16-17-21-28-24(27)25-20-18-19-23(25)22-26;2*1-4-5-6-7-8-9-10-11-12-13-14-15-16-17-18-19-20-28-24(27)25-23(21-26)22(2)3/h11-12,23-24,27H,4-10,13-22H2,1-3H3,(H,26,28);2*9-10,23,26H,2-8,11-22H2,1H3;2*11-12,22-23,26H,4-10,13-21H2,1-3H3,(H,25,27)/b12-11-;2*10-9-;2*12-11-/t24-;4*23-/m00011/s1. The highest BCUT2D eigenvalue weighted by Gasteiger charge is 2.31. The molecule has 2 fully saturated rings. The van der Waals surface area contributed by atoms with Crippen LogP contribution in [0.2, 0.25) is 0 Å². The number of carbonyl (C=O) groups is 5. The van der Waals surface area contributed by atoms with Crippen molar-refractivity contribution in [3.63, 3.8) is 0 Å². The molecule has 0 radical (unpaired) electrons. The van der Waals surface area contributed by atoms with E-state index in [0.717, 1.165) is 109 Å². The summed E-state index contributed by atoms with van der Waals surface area (Å²) < 4.78 is 26.2. The number of unbranched alkanes of at least 4 members (excludes halogenated alkanes) is 60. The number of allylic oxidation sites excluding steroid dienone is 10. The van der Waals surface area contributed by atoms with Crippen LogP contribution in [0.25, 0.3) is 0 Å². The highest BCUT2D eigenvalue weighted by atomic mass is 16.6. The average Bonchev–Trinajstić information content (AvgIpc) is 1.74. The lowest BCUT2D eigenvalue weighted by Gasteiger charge is -2.22. The maximum atomic E-state index is 12.0. The molecule has 2 rings (SSSR count). The minimum atomic E-state index is -0.416. The Morgan fingerprint density at radius 2 is 0.454 bits per heavy atom. The monoisotopic (exact) mass is 2000 g/mol. The number of likely N-dealkylation sites (tertiary alicyclic amines) is 2. The first kappa shape index (κ1) is 140. The van der Waals surface area contributed by atoms with Gasteiger partial charge < -0.3 is 75.0 Å². The number of nitrogens with zero attached hydrogens (tertiary/aromatic N) is 2. The smallest absolute Gasteiger partial charge is 0.410 e. The molecule has 0 aromatic carbocycles. The molecule has 0 bridgehead atoms. The zero-order valence-corrected chi connectivity index (χ0v) is 94.1. The van der Waals surface area contributed by atoms with E-state index in [9.17, 15) is 49.5 Å². The molecule has 8 N–H and O–H groups in total. The van der Waals surface area contributed by atoms with Gasteiger partial charge in [0.15, 0.2) is 0 Å². The average molecular weight is 2000 g/mol. The van der Waals surface area contributed by atoms with Gasteiger partial charge in [0.2, 0.25) is 0 Å². The predicted molar refractivity (Wildman–Crippen MR) is 599 cm³/mol. The fraction of sp³-hybridized carbons (Fsp3) is 0.876. The SMILES string of the molecule is CCCCCCCC/C=C\CCCCCCCCOC(=O)N1CCC[C@H]1CO.CCCCCCCC/C=C\CCCCCCCCOC(=O)N1CCC[C@H]1CO.CCCCCCCC/C=C\CCCCCCCCOC(=O)N[C@H](CO)C(C)C.CCCCCCCC/C=C\CCCCCCCCOC(=O)N[C@H](CO)C(C)C.CCCCCCCC/C=C\CCCCCCCCOC(=O)N[C@H](CO)CC(C)C. The van der Waals surface area contributed by atoms with E-state index in [-0.39, 0.29) is 87.3 Å². The molecule has 20 nitrogen and oxygen atoms in total. The molecule has 0 saturated carbocycles. The normalized spacial score (nSPS) is 14.3. The van der Waals surface area contributed by atoms with Crippen molar-refractivity contribution in [3.05, 3.63) is 60.8 Å². The van der Waals surface area contributed by atoms with Crippen LogP contribution in [-0.4, -0.2) is 175 Å². The summed E-state index contributed by atoms with van der Waals surface area (Å²) >= 11 is 0. The number of hydrogen-bond donors (Lipinski definition) is 8. The fourth-order valence-electron chi connectivity index (χ4n) is 17.4. The van der Waals surface area contributed by atoms with Gasteiger partial charge in [-0.25, -0.2) is 24.0 Å². The van der Waals surface area contributed by atoms with E-state index >= 15 is 0 Å². The van der Waals surface area contributed by atoms with Crippen molar-refractivity contribution in [1.82, 2.24) is 25.8 Å². The highest BCUT2D eigenvalue weighted by Crippen LogP contribution is 2.23. The third-order valence-electron chi connectivity index (χ3n) is 27.0. The second kappa shape index (κ2) is 115. The van der Waals surface area contributed by atoms with E-state index < -0.39 is 18.3 Å². The number of aliphatic hydroxyl groups excluding tert-OH is 5. The summed E-state index contributed by atoms with van der Waals surface area (Å²) in [5.74, 6) is 0.828. The molecule has 0 aromatic heterocycles. The van der Waals surface area contributed by atoms with Crippen molar-refractivity contribution >= 4 is 30.5 Å². The van der Waals surface area contributed by atoms with Crippen molar-refractivity contribution in [1.29, 1.82) is 0 Å². The molecular weight excluding hydrogens is 1760 g/mol. The zero-order valence-electron chi connectivity index (χ0n) is 94.1. The van der Waals surface area contributed by atoms with E-state index in [1.54, 1.807) is 9.80 Å². The summed E-state index contributed by atoms with van der Waals surface area (Å²) in [6, 6.07) is -0.735. The first-order valence-electron chi connectivity index (χ1n) is 59.9. The molecule has 2 saturated heterocycles. The summed E-state index contributed by atoms with van der Waals surface area (Å²) in [7, 11) is 0. The van der Waals surface area contributed by atoms with Crippen LogP contribution in [-0.2, 0) is 23.7 Å². The van der Waals surface area contributed by atoms with E-state index in [2.05, 4.69) is 125 Å². The maximum absolute atomic E-state index is 12.0. The number of ether oxygens (including phenoxy) is 5. The molecule has 0 aliphatic carbocycles.